The minimum absolute atomic E-state index is 0.338. The highest BCUT2D eigenvalue weighted by Crippen LogP contribution is 2.21. The van der Waals surface area contributed by atoms with Gasteiger partial charge in [-0.3, -0.25) is 0 Å². The smallest absolute Gasteiger partial charge is 0.323 e. The van der Waals surface area contributed by atoms with Crippen LogP contribution in [0.25, 0.3) is 10.9 Å². The van der Waals surface area contributed by atoms with Crippen LogP contribution in [-0.2, 0) is 6.54 Å². The Kier molecular flexibility index (Phi) is 6.30. The summed E-state index contributed by atoms with van der Waals surface area (Å²) in [5.41, 5.74) is 2.97. The number of hydrogen-bond acceptors (Lipinski definition) is 3. The molecule has 0 saturated heterocycles. The number of nitrogens with one attached hydrogen (secondary N) is 2. The van der Waals surface area contributed by atoms with Crippen LogP contribution < -0.4 is 10.6 Å². The molecular formula is C22H25N5O. The third-order valence-electron chi connectivity index (χ3n) is 4.83. The van der Waals surface area contributed by atoms with Crippen LogP contribution in [0.15, 0.2) is 54.7 Å². The Morgan fingerprint density at radius 2 is 1.82 bits per heavy atom. The van der Waals surface area contributed by atoms with Gasteiger partial charge in [-0.15, -0.1) is 0 Å². The first kappa shape index (κ1) is 19.5. The summed E-state index contributed by atoms with van der Waals surface area (Å²) in [6, 6.07) is 16.5. The zero-order valence-electron chi connectivity index (χ0n) is 16.3. The largest absolute Gasteiger partial charge is 0.346 e. The number of likely N-dealkylation sites (N-methyl/N-ethyl adjacent to an activating group) is 1. The number of nitrogens with zero attached hydrogens (tertiary/aromatic N) is 3. The highest BCUT2D eigenvalue weighted by molar-refractivity contribution is 6.01. The Hall–Kier alpha value is -3.30. The average molecular weight is 375 g/mol. The third kappa shape index (κ3) is 4.70. The summed E-state index contributed by atoms with van der Waals surface area (Å²) < 4.78 is 2.24. The van der Waals surface area contributed by atoms with Crippen molar-refractivity contribution in [3.8, 4) is 6.07 Å². The second kappa shape index (κ2) is 9.07. The van der Waals surface area contributed by atoms with Crippen LogP contribution in [0.1, 0.15) is 19.4 Å². The van der Waals surface area contributed by atoms with Gasteiger partial charge in [-0.2, -0.15) is 5.26 Å². The van der Waals surface area contributed by atoms with Crippen LogP contribution >= 0.6 is 0 Å². The van der Waals surface area contributed by atoms with E-state index in [0.29, 0.717) is 11.3 Å². The van der Waals surface area contributed by atoms with Gasteiger partial charge in [0.25, 0.3) is 0 Å². The van der Waals surface area contributed by atoms with Crippen LogP contribution in [0.5, 0.6) is 0 Å². The molecule has 0 aliphatic carbocycles. The maximum absolute atomic E-state index is 12.3. The number of amides is 2. The molecule has 144 valence electrons. The van der Waals surface area contributed by atoms with E-state index in [1.807, 2.05) is 18.2 Å². The van der Waals surface area contributed by atoms with Crippen molar-refractivity contribution in [2.45, 2.75) is 20.4 Å². The van der Waals surface area contributed by atoms with E-state index in [-0.39, 0.29) is 6.03 Å². The summed E-state index contributed by atoms with van der Waals surface area (Å²) in [5.74, 6) is 0. The number of carbonyl (C=O) groups excluding carboxylic acids is 1. The predicted molar refractivity (Wildman–Crippen MR) is 114 cm³/mol. The topological polar surface area (TPSA) is 73.1 Å². The molecule has 0 saturated carbocycles. The molecule has 0 radical (unpaired) electrons. The highest BCUT2D eigenvalue weighted by Gasteiger charge is 2.07. The van der Waals surface area contributed by atoms with Gasteiger partial charge in [0.2, 0.25) is 0 Å². The normalized spacial score (nSPS) is 10.8. The Balaban J connectivity index is 1.65. The Labute approximate surface area is 165 Å². The molecule has 3 rings (SSSR count). The van der Waals surface area contributed by atoms with E-state index >= 15 is 0 Å². The lowest BCUT2D eigenvalue weighted by molar-refractivity contribution is 0.262. The lowest BCUT2D eigenvalue weighted by atomic mass is 10.2. The van der Waals surface area contributed by atoms with Crippen molar-refractivity contribution in [3.05, 3.63) is 60.3 Å². The third-order valence-corrected chi connectivity index (χ3v) is 4.83. The molecular weight excluding hydrogens is 350 g/mol. The number of benzene rings is 2. The van der Waals surface area contributed by atoms with Crippen LogP contribution in [-0.4, -0.2) is 35.1 Å². The second-order valence-corrected chi connectivity index (χ2v) is 6.58. The van der Waals surface area contributed by atoms with Crippen molar-refractivity contribution in [1.82, 2.24) is 9.47 Å². The monoisotopic (exact) mass is 375 g/mol. The lowest BCUT2D eigenvalue weighted by Crippen LogP contribution is -2.26. The van der Waals surface area contributed by atoms with E-state index in [0.717, 1.165) is 42.8 Å². The molecule has 0 aliphatic rings. The number of fused-ring (bicyclic) bond motifs is 1. The molecule has 0 aliphatic heterocycles. The Bertz CT molecular complexity index is 998. The van der Waals surface area contributed by atoms with Crippen molar-refractivity contribution in [3.63, 3.8) is 0 Å². The fraction of sp³-hybridized carbons (Fsp3) is 0.273. The summed E-state index contributed by atoms with van der Waals surface area (Å²) >= 11 is 0. The fourth-order valence-electron chi connectivity index (χ4n) is 3.22. The predicted octanol–water partition coefficient (Wildman–Crippen LogP) is 4.50. The van der Waals surface area contributed by atoms with Gasteiger partial charge in [-0.05, 0) is 55.6 Å². The molecule has 0 bridgehead atoms. The number of rotatable bonds is 7. The van der Waals surface area contributed by atoms with Crippen LogP contribution in [0.2, 0.25) is 0 Å². The average Bonchev–Trinajstić information content (AvgIpc) is 3.11. The van der Waals surface area contributed by atoms with Crippen molar-refractivity contribution in [2.75, 3.05) is 30.3 Å². The van der Waals surface area contributed by atoms with E-state index in [4.69, 9.17) is 5.26 Å². The van der Waals surface area contributed by atoms with E-state index in [2.05, 4.69) is 52.3 Å². The van der Waals surface area contributed by atoms with Crippen LogP contribution in [0.4, 0.5) is 16.2 Å². The van der Waals surface area contributed by atoms with Crippen LogP contribution in [0.3, 0.4) is 0 Å². The second-order valence-electron chi connectivity index (χ2n) is 6.58. The molecule has 2 N–H and O–H groups in total. The summed E-state index contributed by atoms with van der Waals surface area (Å²) in [6.45, 7) is 8.41. The highest BCUT2D eigenvalue weighted by atomic mass is 16.2. The summed E-state index contributed by atoms with van der Waals surface area (Å²) in [7, 11) is 0. The van der Waals surface area contributed by atoms with Crippen molar-refractivity contribution >= 4 is 28.3 Å². The minimum atomic E-state index is -0.338. The van der Waals surface area contributed by atoms with Gasteiger partial charge in [-0.1, -0.05) is 19.9 Å². The van der Waals surface area contributed by atoms with Gasteiger partial charge in [0.05, 0.1) is 11.6 Å². The number of aromatic nitrogens is 1. The summed E-state index contributed by atoms with van der Waals surface area (Å²) in [4.78, 5) is 14.6. The van der Waals surface area contributed by atoms with Gasteiger partial charge in [0.15, 0.2) is 0 Å². The zero-order chi connectivity index (χ0) is 19.9. The lowest BCUT2D eigenvalue weighted by Gasteiger charge is -2.18. The quantitative estimate of drug-likeness (QED) is 0.639. The van der Waals surface area contributed by atoms with Crippen molar-refractivity contribution in [1.29, 1.82) is 5.26 Å². The van der Waals surface area contributed by atoms with E-state index in [1.54, 1.807) is 24.3 Å². The molecule has 2 amide bonds. The summed E-state index contributed by atoms with van der Waals surface area (Å²) in [6.07, 6.45) is 2.09. The molecule has 6 nitrogen and oxygen atoms in total. The molecule has 0 fully saturated rings. The van der Waals surface area contributed by atoms with E-state index < -0.39 is 0 Å². The maximum atomic E-state index is 12.3. The van der Waals surface area contributed by atoms with Gasteiger partial charge in [-0.25, -0.2) is 4.79 Å². The fourth-order valence-corrected chi connectivity index (χ4v) is 3.22. The molecule has 2 aromatic carbocycles. The zero-order valence-corrected chi connectivity index (χ0v) is 16.3. The minimum Gasteiger partial charge on any atom is -0.346 e. The number of nitriles is 1. The van der Waals surface area contributed by atoms with Gasteiger partial charge >= 0.3 is 6.03 Å². The molecule has 0 spiro atoms. The molecule has 1 aromatic heterocycles. The first-order valence-electron chi connectivity index (χ1n) is 9.52. The van der Waals surface area contributed by atoms with Gasteiger partial charge in [0, 0.05) is 41.6 Å². The molecule has 0 atom stereocenters. The number of hydrogen-bond donors (Lipinski definition) is 2. The Morgan fingerprint density at radius 1 is 1.07 bits per heavy atom. The first-order chi connectivity index (χ1) is 13.6. The van der Waals surface area contributed by atoms with Gasteiger partial charge in [0.1, 0.15) is 0 Å². The standard InChI is InChI=1S/C22H25N5O/c1-3-26(4-2)12-13-27-11-10-18-15-20(8-9-21(18)27)25-22(28)24-19-7-5-6-17(14-19)16-23/h5-11,14-15H,3-4,12-13H2,1-2H3,(H2,24,25,28). The maximum Gasteiger partial charge on any atom is 0.323 e. The number of carbonyl (C=O) groups is 1. The molecule has 6 heteroatoms. The number of anilines is 2. The summed E-state index contributed by atoms with van der Waals surface area (Å²) in [5, 5.41) is 15.6. The molecule has 1 heterocycles. The Morgan fingerprint density at radius 3 is 2.54 bits per heavy atom. The van der Waals surface area contributed by atoms with Crippen LogP contribution in [0, 0.1) is 11.3 Å². The van der Waals surface area contributed by atoms with E-state index in [1.165, 1.54) is 0 Å². The van der Waals surface area contributed by atoms with Crippen molar-refractivity contribution in [2.24, 2.45) is 0 Å². The van der Waals surface area contributed by atoms with E-state index in [9.17, 15) is 4.79 Å². The molecule has 0 unspecified atom stereocenters. The first-order valence-corrected chi connectivity index (χ1v) is 9.52. The molecule has 28 heavy (non-hydrogen) atoms. The van der Waals surface area contributed by atoms with Crippen molar-refractivity contribution < 1.29 is 4.79 Å². The number of urea groups is 1. The SMILES string of the molecule is CCN(CC)CCn1ccc2cc(NC(=O)Nc3cccc(C#N)c3)ccc21. The molecule has 3 aromatic rings. The van der Waals surface area contributed by atoms with Gasteiger partial charge < -0.3 is 20.1 Å².